The highest BCUT2D eigenvalue weighted by molar-refractivity contribution is 4.93. The van der Waals surface area contributed by atoms with Gasteiger partial charge in [0.15, 0.2) is 0 Å². The molecule has 0 aromatic carbocycles. The lowest BCUT2D eigenvalue weighted by Crippen LogP contribution is -1.92. The largest absolute Gasteiger partial charge is 0.384 e. The van der Waals surface area contributed by atoms with Crippen molar-refractivity contribution >= 4 is 0 Å². The molecule has 0 saturated carbocycles. The van der Waals surface area contributed by atoms with Crippen LogP contribution in [-0.4, -0.2) is 5.16 Å². The summed E-state index contributed by atoms with van der Waals surface area (Å²) in [6, 6.07) is 1.52. The molecule has 0 amide bonds. The van der Waals surface area contributed by atoms with E-state index in [4.69, 9.17) is 4.52 Å². The van der Waals surface area contributed by atoms with Gasteiger partial charge in [0.1, 0.15) is 5.76 Å². The van der Waals surface area contributed by atoms with Gasteiger partial charge < -0.3 is 4.52 Å². The van der Waals surface area contributed by atoms with Crippen molar-refractivity contribution in [1.29, 1.82) is 0 Å². The highest BCUT2D eigenvalue weighted by Crippen LogP contribution is 2.04. The fourth-order valence-electron chi connectivity index (χ4n) is 1.17. The average molecular weight is 169 g/mol. The third-order valence-corrected chi connectivity index (χ3v) is 1.85. The molecule has 1 aromatic heterocycles. The summed E-state index contributed by atoms with van der Waals surface area (Å²) < 4.78 is 4.91. The van der Waals surface area contributed by atoms with E-state index < -0.39 is 0 Å². The summed E-state index contributed by atoms with van der Waals surface area (Å²) in [6.45, 7) is 2.18. The van der Waals surface area contributed by atoms with Crippen LogP contribution in [0.3, 0.4) is 0 Å². The Morgan fingerprint density at radius 3 is 2.83 bits per heavy atom. The average Bonchev–Trinajstić information content (AvgIpc) is 2.45. The van der Waals surface area contributed by atoms with Crippen LogP contribution >= 0.6 is 0 Å². The fraction of sp³-hybridized carbons (Fsp3) is 0.667. The normalized spacial score (nSPS) is 10.4. The third kappa shape index (κ3) is 2.95. The van der Waals surface area contributed by atoms with Crippen molar-refractivity contribution in [3.8, 4) is 0 Å². The molecule has 0 unspecified atom stereocenters. The van der Waals surface area contributed by atoms with Crippen LogP contribution in [0.15, 0.2) is 15.4 Å². The second-order valence-electron chi connectivity index (χ2n) is 2.99. The van der Waals surface area contributed by atoms with Crippen LogP contribution in [0, 0.1) is 0 Å². The smallest absolute Gasteiger partial charge is 0.280 e. The van der Waals surface area contributed by atoms with Crippen LogP contribution in [-0.2, 0) is 6.42 Å². The van der Waals surface area contributed by atoms with Crippen molar-refractivity contribution in [2.24, 2.45) is 0 Å². The van der Waals surface area contributed by atoms with E-state index in [2.05, 4.69) is 12.1 Å². The summed E-state index contributed by atoms with van der Waals surface area (Å²) in [6.07, 6.45) is 5.69. The highest BCUT2D eigenvalue weighted by Gasteiger charge is 1.98. The second kappa shape index (κ2) is 4.80. The van der Waals surface area contributed by atoms with Crippen molar-refractivity contribution < 1.29 is 4.52 Å². The molecule has 1 aromatic rings. The second-order valence-corrected chi connectivity index (χ2v) is 2.99. The van der Waals surface area contributed by atoms with E-state index in [1.54, 1.807) is 0 Å². The lowest BCUT2D eigenvalue weighted by molar-refractivity contribution is 0.374. The molecule has 68 valence electrons. The molecule has 0 aliphatic heterocycles. The molecule has 3 nitrogen and oxygen atoms in total. The SMILES string of the molecule is CCCCCCc1cc(=O)[nH]o1. The summed E-state index contributed by atoms with van der Waals surface area (Å²) in [7, 11) is 0. The summed E-state index contributed by atoms with van der Waals surface area (Å²) in [5, 5.41) is 2.28. The maximum Gasteiger partial charge on any atom is 0.280 e. The minimum atomic E-state index is -0.138. The quantitative estimate of drug-likeness (QED) is 0.686. The lowest BCUT2D eigenvalue weighted by atomic mass is 10.1. The number of nitrogens with one attached hydrogen (secondary N) is 1. The zero-order valence-electron chi connectivity index (χ0n) is 7.43. The van der Waals surface area contributed by atoms with Crippen molar-refractivity contribution in [2.45, 2.75) is 39.0 Å². The van der Waals surface area contributed by atoms with Gasteiger partial charge in [0.05, 0.1) is 0 Å². The van der Waals surface area contributed by atoms with Gasteiger partial charge in [-0.05, 0) is 6.42 Å². The van der Waals surface area contributed by atoms with Crippen molar-refractivity contribution in [2.75, 3.05) is 0 Å². The molecule has 1 rings (SSSR count). The van der Waals surface area contributed by atoms with E-state index in [-0.39, 0.29) is 5.56 Å². The van der Waals surface area contributed by atoms with Gasteiger partial charge in [-0.2, -0.15) is 5.16 Å². The van der Waals surface area contributed by atoms with Crippen LogP contribution in [0.25, 0.3) is 0 Å². The van der Waals surface area contributed by atoms with Gasteiger partial charge in [-0.25, -0.2) is 0 Å². The summed E-state index contributed by atoms with van der Waals surface area (Å²) in [4.78, 5) is 10.6. The molecule has 12 heavy (non-hydrogen) atoms. The zero-order valence-corrected chi connectivity index (χ0v) is 7.43. The molecular weight excluding hydrogens is 154 g/mol. The first-order valence-corrected chi connectivity index (χ1v) is 4.50. The Balaban J connectivity index is 2.20. The predicted octanol–water partition coefficient (Wildman–Crippen LogP) is 2.09. The number of aromatic amines is 1. The molecule has 1 heterocycles. The first kappa shape index (κ1) is 9.10. The highest BCUT2D eigenvalue weighted by atomic mass is 16.5. The zero-order chi connectivity index (χ0) is 8.81. The minimum absolute atomic E-state index is 0.138. The molecule has 0 aliphatic carbocycles. The van der Waals surface area contributed by atoms with Gasteiger partial charge in [-0.1, -0.05) is 26.2 Å². The first-order chi connectivity index (χ1) is 5.83. The molecule has 0 spiro atoms. The molecule has 0 aliphatic rings. The molecular formula is C9H15NO2. The van der Waals surface area contributed by atoms with Crippen molar-refractivity contribution in [1.82, 2.24) is 5.16 Å². The number of rotatable bonds is 5. The molecule has 0 saturated heterocycles. The Morgan fingerprint density at radius 1 is 1.42 bits per heavy atom. The van der Waals surface area contributed by atoms with Gasteiger partial charge in [-0.3, -0.25) is 4.79 Å². The summed E-state index contributed by atoms with van der Waals surface area (Å²) >= 11 is 0. The molecule has 0 fully saturated rings. The summed E-state index contributed by atoms with van der Waals surface area (Å²) in [5.41, 5.74) is -0.138. The maximum absolute atomic E-state index is 10.6. The monoisotopic (exact) mass is 169 g/mol. The van der Waals surface area contributed by atoms with E-state index in [9.17, 15) is 4.79 Å². The molecule has 0 radical (unpaired) electrons. The van der Waals surface area contributed by atoms with E-state index in [1.807, 2.05) is 0 Å². The van der Waals surface area contributed by atoms with Gasteiger partial charge in [0.2, 0.25) is 0 Å². The standard InChI is InChI=1S/C9H15NO2/c1-2-3-4-5-6-8-7-9(11)10-12-8/h7H,2-6H2,1H3,(H,10,11). The number of unbranched alkanes of at least 4 members (excludes halogenated alkanes) is 3. The first-order valence-electron chi connectivity index (χ1n) is 4.50. The third-order valence-electron chi connectivity index (χ3n) is 1.85. The topological polar surface area (TPSA) is 46.0 Å². The van der Waals surface area contributed by atoms with E-state index in [0.717, 1.165) is 18.6 Å². The predicted molar refractivity (Wildman–Crippen MR) is 47.2 cm³/mol. The van der Waals surface area contributed by atoms with Crippen LogP contribution in [0.4, 0.5) is 0 Å². The van der Waals surface area contributed by atoms with Crippen LogP contribution < -0.4 is 5.56 Å². The minimum Gasteiger partial charge on any atom is -0.384 e. The van der Waals surface area contributed by atoms with E-state index in [1.165, 1.54) is 25.3 Å². The fourth-order valence-corrected chi connectivity index (χ4v) is 1.17. The summed E-state index contributed by atoms with van der Waals surface area (Å²) in [5.74, 6) is 0.774. The molecule has 0 bridgehead atoms. The van der Waals surface area contributed by atoms with E-state index >= 15 is 0 Å². The number of hydrogen-bond acceptors (Lipinski definition) is 2. The number of hydrogen-bond donors (Lipinski definition) is 1. The molecule has 3 heteroatoms. The number of aromatic nitrogens is 1. The Labute approximate surface area is 71.7 Å². The number of H-pyrrole nitrogens is 1. The van der Waals surface area contributed by atoms with Crippen molar-refractivity contribution in [3.63, 3.8) is 0 Å². The maximum atomic E-state index is 10.6. The van der Waals surface area contributed by atoms with Crippen LogP contribution in [0.5, 0.6) is 0 Å². The Morgan fingerprint density at radius 2 is 2.25 bits per heavy atom. The van der Waals surface area contributed by atoms with Crippen LogP contribution in [0.1, 0.15) is 38.4 Å². The Kier molecular flexibility index (Phi) is 3.64. The van der Waals surface area contributed by atoms with Crippen molar-refractivity contribution in [3.05, 3.63) is 22.2 Å². The molecule has 1 N–H and O–H groups in total. The van der Waals surface area contributed by atoms with Gasteiger partial charge in [0, 0.05) is 12.5 Å². The Hall–Kier alpha value is -0.990. The van der Waals surface area contributed by atoms with Gasteiger partial charge >= 0.3 is 0 Å². The van der Waals surface area contributed by atoms with Gasteiger partial charge in [0.25, 0.3) is 5.56 Å². The lowest BCUT2D eigenvalue weighted by Gasteiger charge is -1.94. The van der Waals surface area contributed by atoms with E-state index in [0.29, 0.717) is 0 Å². The van der Waals surface area contributed by atoms with Crippen LogP contribution in [0.2, 0.25) is 0 Å². The molecule has 0 atom stereocenters. The number of aryl methyl sites for hydroxylation is 1. The van der Waals surface area contributed by atoms with Gasteiger partial charge in [-0.15, -0.1) is 0 Å². The Bertz CT molecular complexity index is 261.